The van der Waals surface area contributed by atoms with Crippen molar-refractivity contribution in [2.24, 2.45) is 0 Å². The van der Waals surface area contributed by atoms with Gasteiger partial charge in [0, 0.05) is 11.6 Å². The van der Waals surface area contributed by atoms with Gasteiger partial charge in [-0.25, -0.2) is 0 Å². The number of halogens is 1. The van der Waals surface area contributed by atoms with Gasteiger partial charge in [-0.3, -0.25) is 4.79 Å². The van der Waals surface area contributed by atoms with E-state index < -0.39 is 0 Å². The van der Waals surface area contributed by atoms with Crippen LogP contribution in [0.5, 0.6) is 0 Å². The van der Waals surface area contributed by atoms with E-state index in [-0.39, 0.29) is 18.1 Å². The van der Waals surface area contributed by atoms with Crippen LogP contribution in [0.1, 0.15) is 31.4 Å². The van der Waals surface area contributed by atoms with Crippen LogP contribution in [0, 0.1) is 0 Å². The average Bonchev–Trinajstić information content (AvgIpc) is 2.82. The Balaban J connectivity index is 1.96. The molecule has 1 aliphatic rings. The third-order valence-electron chi connectivity index (χ3n) is 2.93. The second-order valence-corrected chi connectivity index (χ2v) is 4.72. The monoisotopic (exact) mass is 253 g/mol. The van der Waals surface area contributed by atoms with Crippen molar-refractivity contribution >= 4 is 17.5 Å². The molecule has 2 atom stereocenters. The van der Waals surface area contributed by atoms with Crippen molar-refractivity contribution in [2.45, 2.75) is 31.9 Å². The third-order valence-corrected chi connectivity index (χ3v) is 3.16. The van der Waals surface area contributed by atoms with Gasteiger partial charge in [-0.15, -0.1) is 0 Å². The minimum Gasteiger partial charge on any atom is -0.368 e. The quantitative estimate of drug-likeness (QED) is 0.900. The van der Waals surface area contributed by atoms with Gasteiger partial charge in [0.15, 0.2) is 0 Å². The summed E-state index contributed by atoms with van der Waals surface area (Å²) in [7, 11) is 0. The Hall–Kier alpha value is -1.06. The number of nitrogens with one attached hydrogen (secondary N) is 1. The highest BCUT2D eigenvalue weighted by Gasteiger charge is 2.24. The molecule has 1 N–H and O–H groups in total. The number of benzene rings is 1. The first-order valence-electron chi connectivity index (χ1n) is 5.84. The van der Waals surface area contributed by atoms with Crippen LogP contribution in [0.25, 0.3) is 0 Å². The van der Waals surface area contributed by atoms with Crippen LogP contribution in [-0.2, 0) is 9.53 Å². The second kappa shape index (κ2) is 5.52. The molecule has 0 spiro atoms. The molecule has 0 bridgehead atoms. The predicted octanol–water partition coefficient (Wildman–Crippen LogP) is 2.70. The minimum absolute atomic E-state index is 0.0324. The first-order chi connectivity index (χ1) is 8.16. The van der Waals surface area contributed by atoms with E-state index in [2.05, 4.69) is 5.32 Å². The molecule has 1 aromatic rings. The molecule has 1 fully saturated rings. The predicted molar refractivity (Wildman–Crippen MR) is 67.0 cm³/mol. The zero-order chi connectivity index (χ0) is 12.3. The molecular formula is C13H16ClNO2. The molecule has 0 aliphatic carbocycles. The summed E-state index contributed by atoms with van der Waals surface area (Å²) in [6, 6.07) is 7.46. The second-order valence-electron chi connectivity index (χ2n) is 4.29. The Labute approximate surface area is 106 Å². The number of carbonyl (C=O) groups is 1. The van der Waals surface area contributed by atoms with Gasteiger partial charge >= 0.3 is 0 Å². The summed E-state index contributed by atoms with van der Waals surface area (Å²) in [6.45, 7) is 2.63. The molecule has 3 nitrogen and oxygen atoms in total. The lowest BCUT2D eigenvalue weighted by atomic mass is 10.1. The fraction of sp³-hybridized carbons (Fsp3) is 0.462. The fourth-order valence-electron chi connectivity index (χ4n) is 1.95. The highest BCUT2D eigenvalue weighted by molar-refractivity contribution is 6.30. The Bertz CT molecular complexity index is 402. The summed E-state index contributed by atoms with van der Waals surface area (Å²) in [5.41, 5.74) is 1.00. The molecule has 1 amide bonds. The van der Waals surface area contributed by atoms with Gasteiger partial charge in [0.05, 0.1) is 6.04 Å². The van der Waals surface area contributed by atoms with Gasteiger partial charge < -0.3 is 10.1 Å². The lowest BCUT2D eigenvalue weighted by Crippen LogP contribution is -2.35. The zero-order valence-electron chi connectivity index (χ0n) is 9.78. The first kappa shape index (κ1) is 12.4. The average molecular weight is 254 g/mol. The Kier molecular flexibility index (Phi) is 4.02. The maximum Gasteiger partial charge on any atom is 0.249 e. The summed E-state index contributed by atoms with van der Waals surface area (Å²) in [4.78, 5) is 11.8. The largest absolute Gasteiger partial charge is 0.368 e. The van der Waals surface area contributed by atoms with Gasteiger partial charge in [0.1, 0.15) is 6.10 Å². The van der Waals surface area contributed by atoms with Crippen molar-refractivity contribution in [1.82, 2.24) is 5.32 Å². The lowest BCUT2D eigenvalue weighted by Gasteiger charge is -2.17. The van der Waals surface area contributed by atoms with Crippen LogP contribution in [-0.4, -0.2) is 18.6 Å². The molecule has 0 aromatic heterocycles. The van der Waals surface area contributed by atoms with E-state index in [1.54, 1.807) is 0 Å². The highest BCUT2D eigenvalue weighted by atomic mass is 35.5. The molecular weight excluding hydrogens is 238 g/mol. The molecule has 1 aliphatic heterocycles. The Morgan fingerprint density at radius 1 is 1.59 bits per heavy atom. The summed E-state index contributed by atoms with van der Waals surface area (Å²) >= 11 is 5.92. The maximum atomic E-state index is 11.8. The van der Waals surface area contributed by atoms with E-state index in [1.165, 1.54) is 0 Å². The molecule has 0 unspecified atom stereocenters. The highest BCUT2D eigenvalue weighted by Crippen LogP contribution is 2.19. The molecule has 0 saturated carbocycles. The molecule has 92 valence electrons. The van der Waals surface area contributed by atoms with Crippen molar-refractivity contribution in [2.75, 3.05) is 6.61 Å². The van der Waals surface area contributed by atoms with E-state index in [0.29, 0.717) is 11.6 Å². The molecule has 1 heterocycles. The maximum absolute atomic E-state index is 11.8. The summed E-state index contributed by atoms with van der Waals surface area (Å²) in [5, 5.41) is 3.62. The molecule has 1 saturated heterocycles. The number of hydrogen-bond donors (Lipinski definition) is 1. The molecule has 4 heteroatoms. The number of hydrogen-bond acceptors (Lipinski definition) is 2. The van der Waals surface area contributed by atoms with Crippen LogP contribution < -0.4 is 5.32 Å². The fourth-order valence-corrected chi connectivity index (χ4v) is 2.15. The lowest BCUT2D eigenvalue weighted by molar-refractivity contribution is -0.130. The van der Waals surface area contributed by atoms with E-state index in [9.17, 15) is 4.79 Å². The van der Waals surface area contributed by atoms with Crippen LogP contribution in [0.2, 0.25) is 5.02 Å². The molecule has 1 aromatic carbocycles. The topological polar surface area (TPSA) is 38.3 Å². The Morgan fingerprint density at radius 3 is 3.06 bits per heavy atom. The van der Waals surface area contributed by atoms with Gasteiger partial charge in [-0.2, -0.15) is 0 Å². The number of amides is 1. The van der Waals surface area contributed by atoms with Gasteiger partial charge in [0.2, 0.25) is 5.91 Å². The summed E-state index contributed by atoms with van der Waals surface area (Å²) in [6.07, 6.45) is 1.49. The third kappa shape index (κ3) is 3.20. The van der Waals surface area contributed by atoms with E-state index in [1.807, 2.05) is 31.2 Å². The Morgan fingerprint density at radius 2 is 2.41 bits per heavy atom. The number of rotatable bonds is 3. The summed E-state index contributed by atoms with van der Waals surface area (Å²) < 4.78 is 5.34. The number of ether oxygens (including phenoxy) is 1. The smallest absolute Gasteiger partial charge is 0.249 e. The SMILES string of the molecule is C[C@H](NC(=O)[C@H]1CCCO1)c1cccc(Cl)c1. The van der Waals surface area contributed by atoms with Crippen LogP contribution in [0.4, 0.5) is 0 Å². The van der Waals surface area contributed by atoms with Crippen molar-refractivity contribution < 1.29 is 9.53 Å². The van der Waals surface area contributed by atoms with Crippen molar-refractivity contribution in [3.8, 4) is 0 Å². The van der Waals surface area contributed by atoms with Crippen molar-refractivity contribution in [3.63, 3.8) is 0 Å². The first-order valence-corrected chi connectivity index (χ1v) is 6.22. The standard InChI is InChI=1S/C13H16ClNO2/c1-9(10-4-2-5-11(14)8-10)15-13(16)12-6-3-7-17-12/h2,4-5,8-9,12H,3,6-7H2,1H3,(H,15,16)/t9-,12+/m0/s1. The van der Waals surface area contributed by atoms with Crippen LogP contribution in [0.15, 0.2) is 24.3 Å². The van der Waals surface area contributed by atoms with E-state index in [0.717, 1.165) is 18.4 Å². The van der Waals surface area contributed by atoms with E-state index in [4.69, 9.17) is 16.3 Å². The van der Waals surface area contributed by atoms with Gasteiger partial charge in [-0.05, 0) is 37.5 Å². The molecule has 17 heavy (non-hydrogen) atoms. The van der Waals surface area contributed by atoms with Crippen LogP contribution in [0.3, 0.4) is 0 Å². The normalized spacial score (nSPS) is 21.2. The van der Waals surface area contributed by atoms with Gasteiger partial charge in [-0.1, -0.05) is 23.7 Å². The van der Waals surface area contributed by atoms with Gasteiger partial charge in [0.25, 0.3) is 0 Å². The van der Waals surface area contributed by atoms with Crippen LogP contribution >= 0.6 is 11.6 Å². The van der Waals surface area contributed by atoms with E-state index >= 15 is 0 Å². The number of carbonyl (C=O) groups excluding carboxylic acids is 1. The molecule has 2 rings (SSSR count). The molecule has 0 radical (unpaired) electrons. The zero-order valence-corrected chi connectivity index (χ0v) is 10.5. The minimum atomic E-state index is -0.281. The summed E-state index contributed by atoms with van der Waals surface area (Å²) in [5.74, 6) is -0.0324. The van der Waals surface area contributed by atoms with Crippen molar-refractivity contribution in [1.29, 1.82) is 0 Å². The van der Waals surface area contributed by atoms with Crippen molar-refractivity contribution in [3.05, 3.63) is 34.9 Å².